The fourth-order valence-electron chi connectivity index (χ4n) is 2.65. The number of hydrogen-bond donors (Lipinski definition) is 0. The Morgan fingerprint density at radius 3 is 2.11 bits per heavy atom. The molecule has 2 aromatic carbocycles. The van der Waals surface area contributed by atoms with Gasteiger partial charge in [0.05, 0.1) is 5.56 Å². The van der Waals surface area contributed by atoms with Crippen molar-refractivity contribution in [3.8, 4) is 5.75 Å². The Hall–Kier alpha value is -1.47. The van der Waals surface area contributed by atoms with Crippen LogP contribution in [0.4, 0.5) is 13.2 Å². The van der Waals surface area contributed by atoms with Crippen molar-refractivity contribution in [3.05, 3.63) is 65.2 Å². The lowest BCUT2D eigenvalue weighted by Crippen LogP contribution is -2.24. The average molecular weight is 439 g/mol. The first-order valence-corrected chi connectivity index (χ1v) is 8.46. The lowest BCUT2D eigenvalue weighted by atomic mass is 10.1. The van der Waals surface area contributed by atoms with E-state index in [1.807, 2.05) is 44.2 Å². The molecule has 0 fully saturated rings. The molecule has 0 aromatic heterocycles. The van der Waals surface area contributed by atoms with Gasteiger partial charge in [-0.1, -0.05) is 30.3 Å². The third kappa shape index (κ3) is 8.69. The second-order valence-corrected chi connectivity index (χ2v) is 6.63. The minimum absolute atomic E-state index is 0. The molecule has 0 unspecified atom stereocenters. The van der Waals surface area contributed by atoms with Gasteiger partial charge in [0.25, 0.3) is 0 Å². The number of ether oxygens (including phenoxy) is 1. The third-order valence-corrected chi connectivity index (χ3v) is 3.90. The van der Waals surface area contributed by atoms with E-state index in [0.717, 1.165) is 12.6 Å². The van der Waals surface area contributed by atoms with Crippen LogP contribution in [0.3, 0.4) is 0 Å². The Kier molecular flexibility index (Phi) is 11.5. The molecule has 0 atom stereocenters. The van der Waals surface area contributed by atoms with E-state index in [1.54, 1.807) is 0 Å². The summed E-state index contributed by atoms with van der Waals surface area (Å²) in [5.74, 6) is 0.500. The van der Waals surface area contributed by atoms with Gasteiger partial charge in [-0.25, -0.2) is 0 Å². The van der Waals surface area contributed by atoms with Gasteiger partial charge in [-0.3, -0.25) is 4.90 Å². The van der Waals surface area contributed by atoms with Gasteiger partial charge in [0.15, 0.2) is 0 Å². The van der Waals surface area contributed by atoms with Crippen molar-refractivity contribution in [2.45, 2.75) is 19.3 Å². The van der Waals surface area contributed by atoms with Gasteiger partial charge in [-0.05, 0) is 44.9 Å². The molecule has 158 valence electrons. The second kappa shape index (κ2) is 12.2. The highest BCUT2D eigenvalue weighted by atomic mass is 35.5. The van der Waals surface area contributed by atoms with Gasteiger partial charge >= 0.3 is 6.18 Å². The monoisotopic (exact) mass is 438 g/mol. The van der Waals surface area contributed by atoms with Crippen molar-refractivity contribution >= 4 is 24.8 Å². The summed E-state index contributed by atoms with van der Waals surface area (Å²) in [6, 6.07) is 13.7. The summed E-state index contributed by atoms with van der Waals surface area (Å²) in [4.78, 5) is 3.94. The SMILES string of the molecule is CN(C)Cc1cc(C(F)(F)F)ccc1OCCN(C)Cc1ccccc1.Cl.Cl. The quantitative estimate of drug-likeness (QED) is 0.568. The largest absolute Gasteiger partial charge is 0.492 e. The number of nitrogens with zero attached hydrogens (tertiary/aromatic N) is 2. The van der Waals surface area contributed by atoms with Crippen LogP contribution in [0.5, 0.6) is 5.75 Å². The molecule has 3 nitrogen and oxygen atoms in total. The Labute approximate surface area is 177 Å². The predicted molar refractivity (Wildman–Crippen MR) is 112 cm³/mol. The van der Waals surface area contributed by atoms with E-state index in [2.05, 4.69) is 17.0 Å². The van der Waals surface area contributed by atoms with Crippen LogP contribution in [0.1, 0.15) is 16.7 Å². The van der Waals surface area contributed by atoms with Crippen molar-refractivity contribution in [2.24, 2.45) is 0 Å². The number of halogens is 5. The molecule has 0 saturated carbocycles. The summed E-state index contributed by atoms with van der Waals surface area (Å²) >= 11 is 0. The van der Waals surface area contributed by atoms with E-state index in [4.69, 9.17) is 4.74 Å². The van der Waals surface area contributed by atoms with Crippen molar-refractivity contribution in [1.82, 2.24) is 9.80 Å². The van der Waals surface area contributed by atoms with Gasteiger partial charge in [-0.15, -0.1) is 24.8 Å². The van der Waals surface area contributed by atoms with Crippen LogP contribution in [0.25, 0.3) is 0 Å². The number of alkyl halides is 3. The van der Waals surface area contributed by atoms with Crippen molar-refractivity contribution < 1.29 is 17.9 Å². The molecule has 0 N–H and O–H groups in total. The van der Waals surface area contributed by atoms with Gasteiger partial charge in [0.2, 0.25) is 0 Å². The molecule has 0 aliphatic carbocycles. The standard InChI is InChI=1S/C20H25F3N2O.2ClH/c1-24(2)15-17-13-18(20(21,22)23)9-10-19(17)26-12-11-25(3)14-16-7-5-4-6-8-16;;/h4-10,13H,11-12,14-15H2,1-3H3;2*1H. The van der Waals surface area contributed by atoms with Crippen molar-refractivity contribution in [3.63, 3.8) is 0 Å². The van der Waals surface area contributed by atoms with Gasteiger partial charge in [-0.2, -0.15) is 13.2 Å². The van der Waals surface area contributed by atoms with Crippen LogP contribution in [-0.4, -0.2) is 44.1 Å². The highest BCUT2D eigenvalue weighted by molar-refractivity contribution is 5.85. The summed E-state index contributed by atoms with van der Waals surface area (Å²) in [5.41, 5.74) is 1.09. The molecule has 0 heterocycles. The second-order valence-electron chi connectivity index (χ2n) is 6.63. The first-order chi connectivity index (χ1) is 12.3. The molecule has 0 amide bonds. The van der Waals surface area contributed by atoms with Crippen LogP contribution in [0, 0.1) is 0 Å². The van der Waals surface area contributed by atoms with E-state index < -0.39 is 11.7 Å². The minimum atomic E-state index is -4.35. The molecule has 0 saturated heterocycles. The average Bonchev–Trinajstić information content (AvgIpc) is 2.55. The maximum absolute atomic E-state index is 12.9. The maximum atomic E-state index is 12.9. The molecule has 0 spiro atoms. The van der Waals surface area contributed by atoms with E-state index in [-0.39, 0.29) is 24.8 Å². The van der Waals surface area contributed by atoms with Crippen LogP contribution in [0.15, 0.2) is 48.5 Å². The zero-order chi connectivity index (χ0) is 19.2. The lowest BCUT2D eigenvalue weighted by molar-refractivity contribution is -0.137. The summed E-state index contributed by atoms with van der Waals surface area (Å²) < 4.78 is 44.6. The number of hydrogen-bond acceptors (Lipinski definition) is 3. The molecule has 2 aromatic rings. The fourth-order valence-corrected chi connectivity index (χ4v) is 2.65. The maximum Gasteiger partial charge on any atom is 0.416 e. The molecule has 0 bridgehead atoms. The first-order valence-electron chi connectivity index (χ1n) is 8.46. The molecule has 0 radical (unpaired) electrons. The fraction of sp³-hybridized carbons (Fsp3) is 0.400. The van der Waals surface area contributed by atoms with Crippen LogP contribution in [0.2, 0.25) is 0 Å². The molecular weight excluding hydrogens is 412 g/mol. The third-order valence-electron chi connectivity index (χ3n) is 3.90. The van der Waals surface area contributed by atoms with Crippen LogP contribution in [-0.2, 0) is 19.3 Å². The van der Waals surface area contributed by atoms with E-state index >= 15 is 0 Å². The van der Waals surface area contributed by atoms with Gasteiger partial charge < -0.3 is 9.64 Å². The number of rotatable bonds is 8. The molecule has 28 heavy (non-hydrogen) atoms. The zero-order valence-corrected chi connectivity index (χ0v) is 17.8. The Morgan fingerprint density at radius 2 is 1.54 bits per heavy atom. The number of likely N-dealkylation sites (N-methyl/N-ethyl adjacent to an activating group) is 1. The molecule has 0 aliphatic rings. The Balaban J connectivity index is 0.00000364. The van der Waals surface area contributed by atoms with Gasteiger partial charge in [0.1, 0.15) is 12.4 Å². The Bertz CT molecular complexity index is 698. The van der Waals surface area contributed by atoms with Gasteiger partial charge in [0, 0.05) is 25.2 Å². The normalized spacial score (nSPS) is 11.1. The van der Waals surface area contributed by atoms with Crippen molar-refractivity contribution in [1.29, 1.82) is 0 Å². The molecular formula is C20H27Cl2F3N2O. The summed E-state index contributed by atoms with van der Waals surface area (Å²) in [6.45, 7) is 2.27. The summed E-state index contributed by atoms with van der Waals surface area (Å²) in [7, 11) is 5.62. The van der Waals surface area contributed by atoms with Crippen LogP contribution < -0.4 is 4.74 Å². The van der Waals surface area contributed by atoms with Crippen molar-refractivity contribution in [2.75, 3.05) is 34.3 Å². The smallest absolute Gasteiger partial charge is 0.416 e. The molecule has 2 rings (SSSR count). The highest BCUT2D eigenvalue weighted by Gasteiger charge is 2.31. The highest BCUT2D eigenvalue weighted by Crippen LogP contribution is 2.33. The van der Waals surface area contributed by atoms with E-state index in [0.29, 0.717) is 31.0 Å². The number of benzene rings is 2. The Morgan fingerprint density at radius 1 is 0.893 bits per heavy atom. The topological polar surface area (TPSA) is 15.7 Å². The lowest BCUT2D eigenvalue weighted by Gasteiger charge is -2.20. The molecule has 8 heteroatoms. The van der Waals surface area contributed by atoms with E-state index in [9.17, 15) is 13.2 Å². The van der Waals surface area contributed by atoms with Crippen LogP contribution >= 0.6 is 24.8 Å². The molecule has 0 aliphatic heterocycles. The predicted octanol–water partition coefficient (Wildman–Crippen LogP) is 5.12. The summed E-state index contributed by atoms with van der Waals surface area (Å²) in [6.07, 6.45) is -4.35. The van der Waals surface area contributed by atoms with E-state index in [1.165, 1.54) is 17.7 Å². The zero-order valence-electron chi connectivity index (χ0n) is 16.2. The summed E-state index contributed by atoms with van der Waals surface area (Å²) in [5, 5.41) is 0. The minimum Gasteiger partial charge on any atom is -0.492 e. The first kappa shape index (κ1) is 26.5.